The van der Waals surface area contributed by atoms with Gasteiger partial charge in [-0.3, -0.25) is 9.80 Å². The van der Waals surface area contributed by atoms with E-state index in [1.165, 1.54) is 0 Å². The van der Waals surface area contributed by atoms with Gasteiger partial charge in [0.05, 0.1) is 6.61 Å². The molecule has 0 aromatic carbocycles. The van der Waals surface area contributed by atoms with Crippen LogP contribution in [0.5, 0.6) is 0 Å². The quantitative estimate of drug-likeness (QED) is 0.789. The molecule has 0 aromatic heterocycles. The van der Waals surface area contributed by atoms with Crippen molar-refractivity contribution in [3.63, 3.8) is 0 Å². The second-order valence-corrected chi connectivity index (χ2v) is 5.82. The number of rotatable bonds is 5. The van der Waals surface area contributed by atoms with Gasteiger partial charge in [0, 0.05) is 25.2 Å². The van der Waals surface area contributed by atoms with Crippen molar-refractivity contribution in [3.8, 4) is 0 Å². The smallest absolute Gasteiger partial charge is 0.395 e. The largest absolute Gasteiger partial charge is 0.415 e. The summed E-state index contributed by atoms with van der Waals surface area (Å²) in [7, 11) is 0. The van der Waals surface area contributed by atoms with Crippen molar-refractivity contribution in [2.24, 2.45) is 0 Å². The van der Waals surface area contributed by atoms with Crippen LogP contribution in [0.15, 0.2) is 0 Å². The molecule has 0 unspecified atom stereocenters. The Hall–Kier alpha value is -0.370. The van der Waals surface area contributed by atoms with Crippen molar-refractivity contribution in [2.45, 2.75) is 50.0 Å². The fourth-order valence-electron chi connectivity index (χ4n) is 3.28. The zero-order valence-electron chi connectivity index (χ0n) is 11.5. The summed E-state index contributed by atoms with van der Waals surface area (Å²) < 4.78 is 37.3. The van der Waals surface area contributed by atoms with Gasteiger partial charge in [-0.05, 0) is 38.8 Å². The van der Waals surface area contributed by atoms with Crippen LogP contribution in [0, 0.1) is 0 Å². The number of hydrogen-bond acceptors (Lipinski definition) is 4. The van der Waals surface area contributed by atoms with E-state index in [1.807, 2.05) is 0 Å². The normalized spacial score (nSPS) is 31.1. The van der Waals surface area contributed by atoms with E-state index in [4.69, 9.17) is 0 Å². The molecule has 0 bridgehead atoms. The van der Waals surface area contributed by atoms with Gasteiger partial charge < -0.3 is 10.2 Å². The topological polar surface area (TPSA) is 46.9 Å². The molecule has 0 radical (unpaired) electrons. The number of alkyl halides is 3. The van der Waals surface area contributed by atoms with E-state index in [9.17, 15) is 23.4 Å². The molecule has 2 saturated heterocycles. The molecule has 0 aliphatic carbocycles. The second-order valence-electron chi connectivity index (χ2n) is 5.82. The number of likely N-dealkylation sites (tertiary alicyclic amines) is 2. The Morgan fingerprint density at radius 1 is 1.05 bits per heavy atom. The molecule has 2 aliphatic heterocycles. The van der Waals surface area contributed by atoms with Crippen LogP contribution in [0.4, 0.5) is 13.2 Å². The third-order valence-corrected chi connectivity index (χ3v) is 4.44. The van der Waals surface area contributed by atoms with Gasteiger partial charge in [0.2, 0.25) is 0 Å². The predicted octanol–water partition coefficient (Wildman–Crippen LogP) is 0.831. The minimum atomic E-state index is -4.55. The maximum absolute atomic E-state index is 12.4. The Balaban J connectivity index is 1.87. The van der Waals surface area contributed by atoms with Gasteiger partial charge in [0.1, 0.15) is 0 Å². The van der Waals surface area contributed by atoms with E-state index in [1.54, 1.807) is 4.90 Å². The zero-order chi connectivity index (χ0) is 14.8. The Morgan fingerprint density at radius 3 is 2.25 bits per heavy atom. The van der Waals surface area contributed by atoms with Gasteiger partial charge in [0.25, 0.3) is 0 Å². The van der Waals surface area contributed by atoms with Crippen LogP contribution in [0.3, 0.4) is 0 Å². The monoisotopic (exact) mass is 296 g/mol. The first-order valence-electron chi connectivity index (χ1n) is 7.25. The van der Waals surface area contributed by atoms with Crippen LogP contribution >= 0.6 is 0 Å². The summed E-state index contributed by atoms with van der Waals surface area (Å²) in [6.45, 7) is 1.96. The molecule has 118 valence electrons. The summed E-state index contributed by atoms with van der Waals surface area (Å²) in [6, 6.07) is 0.198. The third kappa shape index (κ3) is 3.84. The first-order chi connectivity index (χ1) is 9.41. The van der Waals surface area contributed by atoms with Crippen LogP contribution in [-0.2, 0) is 0 Å². The number of aliphatic hydroxyl groups is 2. The first-order valence-corrected chi connectivity index (χ1v) is 7.25. The van der Waals surface area contributed by atoms with Crippen molar-refractivity contribution in [2.75, 3.05) is 32.8 Å². The van der Waals surface area contributed by atoms with E-state index in [2.05, 4.69) is 4.90 Å². The minimum absolute atomic E-state index is 0.0548. The van der Waals surface area contributed by atoms with Crippen LogP contribution < -0.4 is 0 Å². The fourth-order valence-corrected chi connectivity index (χ4v) is 3.28. The molecule has 2 aliphatic rings. The number of β-amino-alcohol motifs (C(OH)–C–C–N with tert-alkyl or cyclic N) is 1. The minimum Gasteiger partial charge on any atom is -0.395 e. The Bertz CT molecular complexity index is 314. The van der Waals surface area contributed by atoms with Crippen LogP contribution in [0.25, 0.3) is 0 Å². The SMILES string of the molecule is OC[C@@H]1CCCN1C[C@H]1CCCN1C[C@@H](O)C(F)(F)F. The standard InChI is InChI=1S/C13H23F3N2O2/c14-13(15,16)12(20)8-18-6-1-3-10(18)7-17-5-2-4-11(17)9-19/h10-12,19-20H,1-9H2/t10-,11+,12-/m1/s1. The van der Waals surface area contributed by atoms with E-state index >= 15 is 0 Å². The average molecular weight is 296 g/mol. The van der Waals surface area contributed by atoms with Gasteiger partial charge in [-0.15, -0.1) is 0 Å². The highest BCUT2D eigenvalue weighted by molar-refractivity contribution is 4.88. The maximum atomic E-state index is 12.4. The maximum Gasteiger partial charge on any atom is 0.415 e. The Morgan fingerprint density at radius 2 is 1.65 bits per heavy atom. The molecule has 0 spiro atoms. The lowest BCUT2D eigenvalue weighted by atomic mass is 10.1. The van der Waals surface area contributed by atoms with Gasteiger partial charge in [-0.25, -0.2) is 0 Å². The van der Waals surface area contributed by atoms with E-state index < -0.39 is 12.3 Å². The molecule has 2 N–H and O–H groups in total. The number of nitrogens with zero attached hydrogens (tertiary/aromatic N) is 2. The Labute approximate surface area is 117 Å². The van der Waals surface area contributed by atoms with Gasteiger partial charge in [-0.1, -0.05) is 0 Å². The van der Waals surface area contributed by atoms with Crippen molar-refractivity contribution < 1.29 is 23.4 Å². The van der Waals surface area contributed by atoms with Crippen molar-refractivity contribution in [1.29, 1.82) is 0 Å². The highest BCUT2D eigenvalue weighted by atomic mass is 19.4. The van der Waals surface area contributed by atoms with E-state index in [0.29, 0.717) is 13.1 Å². The Kier molecular flexibility index (Phi) is 5.28. The predicted molar refractivity (Wildman–Crippen MR) is 68.3 cm³/mol. The third-order valence-electron chi connectivity index (χ3n) is 4.44. The molecular weight excluding hydrogens is 273 g/mol. The van der Waals surface area contributed by atoms with E-state index in [-0.39, 0.29) is 25.2 Å². The summed E-state index contributed by atoms with van der Waals surface area (Å²) in [5.41, 5.74) is 0. The van der Waals surface area contributed by atoms with Gasteiger partial charge in [0.15, 0.2) is 6.10 Å². The van der Waals surface area contributed by atoms with Crippen molar-refractivity contribution >= 4 is 0 Å². The molecule has 2 heterocycles. The van der Waals surface area contributed by atoms with Crippen LogP contribution in [0.2, 0.25) is 0 Å². The summed E-state index contributed by atoms with van der Waals surface area (Å²) in [6.07, 6.45) is -3.10. The lowest BCUT2D eigenvalue weighted by Crippen LogP contribution is -2.48. The van der Waals surface area contributed by atoms with Gasteiger partial charge in [-0.2, -0.15) is 13.2 Å². The highest BCUT2D eigenvalue weighted by Gasteiger charge is 2.41. The second kappa shape index (κ2) is 6.60. The molecule has 2 rings (SSSR count). The molecule has 4 nitrogen and oxygen atoms in total. The number of hydrogen-bond donors (Lipinski definition) is 2. The average Bonchev–Trinajstić information content (AvgIpc) is 2.98. The molecule has 0 amide bonds. The summed E-state index contributed by atoms with van der Waals surface area (Å²) in [5, 5.41) is 18.5. The van der Waals surface area contributed by atoms with Crippen molar-refractivity contribution in [1.82, 2.24) is 9.80 Å². The lowest BCUT2D eigenvalue weighted by Gasteiger charge is -2.32. The number of halogens is 3. The van der Waals surface area contributed by atoms with Gasteiger partial charge >= 0.3 is 6.18 Å². The van der Waals surface area contributed by atoms with Crippen LogP contribution in [-0.4, -0.2) is 77.2 Å². The molecule has 7 heteroatoms. The fraction of sp³-hybridized carbons (Fsp3) is 1.00. The summed E-state index contributed by atoms with van der Waals surface area (Å²) in [4.78, 5) is 3.91. The lowest BCUT2D eigenvalue weighted by molar-refractivity contribution is -0.208. The van der Waals surface area contributed by atoms with Crippen LogP contribution in [0.1, 0.15) is 25.7 Å². The highest BCUT2D eigenvalue weighted by Crippen LogP contribution is 2.26. The molecule has 3 atom stereocenters. The molecule has 2 fully saturated rings. The van der Waals surface area contributed by atoms with E-state index in [0.717, 1.165) is 32.2 Å². The van der Waals surface area contributed by atoms with Crippen molar-refractivity contribution in [3.05, 3.63) is 0 Å². The summed E-state index contributed by atoms with van der Waals surface area (Å²) in [5.74, 6) is 0. The summed E-state index contributed by atoms with van der Waals surface area (Å²) >= 11 is 0. The molecule has 20 heavy (non-hydrogen) atoms. The number of aliphatic hydroxyl groups excluding tert-OH is 2. The molecule has 0 saturated carbocycles. The molecule has 0 aromatic rings. The zero-order valence-corrected chi connectivity index (χ0v) is 11.5. The molecular formula is C13H23F3N2O2. The first kappa shape index (κ1) is 16.0.